The Morgan fingerprint density at radius 3 is 2.68 bits per heavy atom. The van der Waals surface area contributed by atoms with Crippen molar-refractivity contribution in [2.75, 3.05) is 6.54 Å². The SMILES string of the molecule is Cc1ccc(-c2cc(F)cc3c2O[C@H](CN)C3)cc1. The molecule has 3 rings (SSSR count). The molecule has 2 N–H and O–H groups in total. The number of ether oxygens (including phenoxy) is 1. The molecule has 0 radical (unpaired) electrons. The minimum atomic E-state index is -0.226. The summed E-state index contributed by atoms with van der Waals surface area (Å²) in [6.45, 7) is 2.48. The summed E-state index contributed by atoms with van der Waals surface area (Å²) in [4.78, 5) is 0. The zero-order valence-electron chi connectivity index (χ0n) is 10.8. The first-order valence-corrected chi connectivity index (χ1v) is 6.43. The van der Waals surface area contributed by atoms with Crippen molar-refractivity contribution in [3.63, 3.8) is 0 Å². The van der Waals surface area contributed by atoms with Crippen LogP contribution >= 0.6 is 0 Å². The fraction of sp³-hybridized carbons (Fsp3) is 0.250. The normalized spacial score (nSPS) is 17.1. The standard InChI is InChI=1S/C16H16FNO/c1-10-2-4-11(5-3-10)15-8-13(17)6-12-7-14(9-18)19-16(12)15/h2-6,8,14H,7,9,18H2,1H3/t14-/m0/s1. The third-order valence-electron chi connectivity index (χ3n) is 3.49. The average Bonchev–Trinajstić information content (AvgIpc) is 2.81. The average molecular weight is 257 g/mol. The highest BCUT2D eigenvalue weighted by atomic mass is 19.1. The third kappa shape index (κ3) is 2.22. The van der Waals surface area contributed by atoms with Crippen LogP contribution in [0.25, 0.3) is 11.1 Å². The molecule has 2 aromatic rings. The van der Waals surface area contributed by atoms with Gasteiger partial charge in [-0.2, -0.15) is 0 Å². The maximum Gasteiger partial charge on any atom is 0.131 e. The van der Waals surface area contributed by atoms with Gasteiger partial charge in [-0.05, 0) is 24.6 Å². The number of benzene rings is 2. The Balaban J connectivity index is 2.10. The van der Waals surface area contributed by atoms with Gasteiger partial charge < -0.3 is 10.5 Å². The zero-order valence-corrected chi connectivity index (χ0v) is 10.8. The van der Waals surface area contributed by atoms with Crippen molar-refractivity contribution in [2.24, 2.45) is 5.73 Å². The van der Waals surface area contributed by atoms with E-state index < -0.39 is 0 Å². The highest BCUT2D eigenvalue weighted by Crippen LogP contribution is 2.39. The number of hydrogen-bond donors (Lipinski definition) is 1. The van der Waals surface area contributed by atoms with Gasteiger partial charge in [0, 0.05) is 24.1 Å². The Labute approximate surface area is 112 Å². The van der Waals surface area contributed by atoms with E-state index in [1.54, 1.807) is 6.07 Å². The van der Waals surface area contributed by atoms with Crippen molar-refractivity contribution in [1.82, 2.24) is 0 Å². The van der Waals surface area contributed by atoms with Crippen LogP contribution in [0, 0.1) is 12.7 Å². The molecule has 0 saturated heterocycles. The van der Waals surface area contributed by atoms with Crippen molar-refractivity contribution in [1.29, 1.82) is 0 Å². The molecular formula is C16H16FNO. The van der Waals surface area contributed by atoms with Crippen LogP contribution in [0.5, 0.6) is 5.75 Å². The molecule has 2 aromatic carbocycles. The minimum absolute atomic E-state index is 0.0407. The Morgan fingerprint density at radius 2 is 2.00 bits per heavy atom. The van der Waals surface area contributed by atoms with Crippen LogP contribution in [0.1, 0.15) is 11.1 Å². The van der Waals surface area contributed by atoms with E-state index in [1.807, 2.05) is 31.2 Å². The van der Waals surface area contributed by atoms with E-state index in [4.69, 9.17) is 10.5 Å². The lowest BCUT2D eigenvalue weighted by molar-refractivity contribution is 0.242. The summed E-state index contributed by atoms with van der Waals surface area (Å²) in [5.41, 5.74) is 9.51. The second kappa shape index (κ2) is 4.67. The molecule has 0 unspecified atom stereocenters. The number of nitrogens with two attached hydrogens (primary N) is 1. The van der Waals surface area contributed by atoms with Gasteiger partial charge in [0.25, 0.3) is 0 Å². The van der Waals surface area contributed by atoms with Crippen molar-refractivity contribution in [3.05, 3.63) is 53.3 Å². The lowest BCUT2D eigenvalue weighted by Gasteiger charge is -2.11. The molecular weight excluding hydrogens is 241 g/mol. The smallest absolute Gasteiger partial charge is 0.131 e. The van der Waals surface area contributed by atoms with Crippen molar-refractivity contribution >= 4 is 0 Å². The number of fused-ring (bicyclic) bond motifs is 1. The van der Waals surface area contributed by atoms with E-state index in [0.717, 1.165) is 22.4 Å². The fourth-order valence-corrected chi connectivity index (χ4v) is 2.47. The summed E-state index contributed by atoms with van der Waals surface area (Å²) in [5.74, 6) is 0.552. The van der Waals surface area contributed by atoms with Crippen molar-refractivity contribution < 1.29 is 9.13 Å². The van der Waals surface area contributed by atoms with E-state index in [2.05, 4.69) is 0 Å². The molecule has 0 amide bonds. The number of aryl methyl sites for hydroxylation is 1. The van der Waals surface area contributed by atoms with Gasteiger partial charge in [-0.3, -0.25) is 0 Å². The monoisotopic (exact) mass is 257 g/mol. The first kappa shape index (κ1) is 12.2. The van der Waals surface area contributed by atoms with Crippen molar-refractivity contribution in [2.45, 2.75) is 19.4 Å². The highest BCUT2D eigenvalue weighted by Gasteiger charge is 2.25. The Bertz CT molecular complexity index is 607. The van der Waals surface area contributed by atoms with Crippen LogP contribution in [0.3, 0.4) is 0 Å². The lowest BCUT2D eigenvalue weighted by Crippen LogP contribution is -2.24. The summed E-state index contributed by atoms with van der Waals surface area (Å²) in [6.07, 6.45) is 0.642. The van der Waals surface area contributed by atoms with Gasteiger partial charge in [0.2, 0.25) is 0 Å². The molecule has 0 bridgehead atoms. The molecule has 19 heavy (non-hydrogen) atoms. The van der Waals surface area contributed by atoms with Crippen LogP contribution in [0.4, 0.5) is 4.39 Å². The predicted molar refractivity (Wildman–Crippen MR) is 73.7 cm³/mol. The summed E-state index contributed by atoms with van der Waals surface area (Å²) in [7, 11) is 0. The van der Waals surface area contributed by atoms with E-state index in [0.29, 0.717) is 13.0 Å². The molecule has 1 aliphatic rings. The minimum Gasteiger partial charge on any atom is -0.488 e. The lowest BCUT2D eigenvalue weighted by atomic mass is 9.99. The molecule has 0 fully saturated rings. The molecule has 3 heteroatoms. The molecule has 0 aliphatic carbocycles. The van der Waals surface area contributed by atoms with Crippen LogP contribution in [0.2, 0.25) is 0 Å². The maximum absolute atomic E-state index is 13.7. The van der Waals surface area contributed by atoms with Gasteiger partial charge in [0.05, 0.1) is 0 Å². The molecule has 1 aliphatic heterocycles. The molecule has 1 atom stereocenters. The second-order valence-electron chi connectivity index (χ2n) is 4.99. The third-order valence-corrected chi connectivity index (χ3v) is 3.49. The number of rotatable bonds is 2. The van der Waals surface area contributed by atoms with E-state index in [1.165, 1.54) is 11.6 Å². The van der Waals surface area contributed by atoms with E-state index in [-0.39, 0.29) is 11.9 Å². The van der Waals surface area contributed by atoms with Gasteiger partial charge >= 0.3 is 0 Å². The maximum atomic E-state index is 13.7. The second-order valence-corrected chi connectivity index (χ2v) is 4.99. The van der Waals surface area contributed by atoms with Crippen molar-refractivity contribution in [3.8, 4) is 16.9 Å². The Kier molecular flexibility index (Phi) is 2.99. The molecule has 1 heterocycles. The zero-order chi connectivity index (χ0) is 13.4. The van der Waals surface area contributed by atoms with Crippen LogP contribution in [-0.4, -0.2) is 12.6 Å². The molecule has 0 spiro atoms. The predicted octanol–water partition coefficient (Wildman–Crippen LogP) is 3.06. The van der Waals surface area contributed by atoms with Gasteiger partial charge in [-0.15, -0.1) is 0 Å². The summed E-state index contributed by atoms with van der Waals surface area (Å²) < 4.78 is 19.6. The highest BCUT2D eigenvalue weighted by molar-refractivity contribution is 5.73. The first-order valence-electron chi connectivity index (χ1n) is 6.43. The fourth-order valence-electron chi connectivity index (χ4n) is 2.47. The van der Waals surface area contributed by atoms with Crippen LogP contribution in [0.15, 0.2) is 36.4 Å². The van der Waals surface area contributed by atoms with E-state index in [9.17, 15) is 4.39 Å². The quantitative estimate of drug-likeness (QED) is 0.897. The molecule has 98 valence electrons. The van der Waals surface area contributed by atoms with Crippen LogP contribution in [-0.2, 0) is 6.42 Å². The van der Waals surface area contributed by atoms with Gasteiger partial charge in [0.15, 0.2) is 0 Å². The first-order chi connectivity index (χ1) is 9.17. The summed E-state index contributed by atoms with van der Waals surface area (Å²) in [5, 5.41) is 0. The number of halogens is 1. The number of hydrogen-bond acceptors (Lipinski definition) is 2. The molecule has 0 aromatic heterocycles. The molecule has 0 saturated carbocycles. The van der Waals surface area contributed by atoms with Gasteiger partial charge in [-0.25, -0.2) is 4.39 Å². The largest absolute Gasteiger partial charge is 0.488 e. The summed E-state index contributed by atoms with van der Waals surface area (Å²) in [6, 6.07) is 11.1. The van der Waals surface area contributed by atoms with Gasteiger partial charge in [0.1, 0.15) is 17.7 Å². The van der Waals surface area contributed by atoms with Gasteiger partial charge in [-0.1, -0.05) is 29.8 Å². The van der Waals surface area contributed by atoms with E-state index >= 15 is 0 Å². The molecule has 2 nitrogen and oxygen atoms in total. The topological polar surface area (TPSA) is 35.2 Å². The Morgan fingerprint density at radius 1 is 1.26 bits per heavy atom. The Hall–Kier alpha value is -1.87. The van der Waals surface area contributed by atoms with Crippen LogP contribution < -0.4 is 10.5 Å². The summed E-state index contributed by atoms with van der Waals surface area (Å²) >= 11 is 0.